The van der Waals surface area contributed by atoms with Gasteiger partial charge in [0.25, 0.3) is 0 Å². The third-order valence-corrected chi connectivity index (χ3v) is 1.28. The normalized spacial score (nSPS) is 15.7. The first-order chi connectivity index (χ1) is 4.04. The molecule has 0 aliphatic heterocycles. The summed E-state index contributed by atoms with van der Waals surface area (Å²) in [4.78, 5) is 0. The molecule has 4 nitrogen and oxygen atoms in total. The third-order valence-electron chi connectivity index (χ3n) is 1.28. The quantitative estimate of drug-likeness (QED) is 0.348. The van der Waals surface area contributed by atoms with Crippen LogP contribution < -0.4 is 11.5 Å². The molecule has 0 aliphatic rings. The monoisotopic (exact) mass is 134 g/mol. The lowest BCUT2D eigenvalue weighted by atomic mass is 10.0. The van der Waals surface area contributed by atoms with E-state index in [0.717, 1.165) is 0 Å². The van der Waals surface area contributed by atoms with Crippen LogP contribution in [0.3, 0.4) is 0 Å². The van der Waals surface area contributed by atoms with Crippen molar-refractivity contribution >= 4 is 0 Å². The lowest BCUT2D eigenvalue weighted by Gasteiger charge is -2.26. The zero-order chi connectivity index (χ0) is 7.49. The maximum atomic E-state index is 8.98. The van der Waals surface area contributed by atoms with Crippen molar-refractivity contribution < 1.29 is 10.2 Å². The SMILES string of the molecule is CCC(O)C(N)(N)CO. The summed E-state index contributed by atoms with van der Waals surface area (Å²) in [6.07, 6.45) is -0.379. The van der Waals surface area contributed by atoms with E-state index in [2.05, 4.69) is 0 Å². The minimum atomic E-state index is -1.34. The van der Waals surface area contributed by atoms with E-state index in [4.69, 9.17) is 21.7 Å². The summed E-state index contributed by atoms with van der Waals surface area (Å²) in [7, 11) is 0. The van der Waals surface area contributed by atoms with Crippen LogP contribution >= 0.6 is 0 Å². The van der Waals surface area contributed by atoms with Crippen molar-refractivity contribution in [2.24, 2.45) is 11.5 Å². The van der Waals surface area contributed by atoms with Crippen LogP contribution in [0, 0.1) is 0 Å². The molecular formula is C5H14N2O2. The van der Waals surface area contributed by atoms with Crippen LogP contribution in [0.2, 0.25) is 0 Å². The first-order valence-electron chi connectivity index (χ1n) is 2.91. The minimum Gasteiger partial charge on any atom is -0.393 e. The second-order valence-electron chi connectivity index (χ2n) is 2.19. The third kappa shape index (κ3) is 2.28. The van der Waals surface area contributed by atoms with Crippen molar-refractivity contribution in [1.82, 2.24) is 0 Å². The Morgan fingerprint density at radius 3 is 2.11 bits per heavy atom. The van der Waals surface area contributed by atoms with Gasteiger partial charge in [0.05, 0.1) is 12.7 Å². The summed E-state index contributed by atoms with van der Waals surface area (Å²) >= 11 is 0. The van der Waals surface area contributed by atoms with Gasteiger partial charge in [-0.2, -0.15) is 0 Å². The highest BCUT2D eigenvalue weighted by atomic mass is 16.3. The summed E-state index contributed by atoms with van der Waals surface area (Å²) in [5, 5.41) is 17.5. The molecule has 0 heterocycles. The highest BCUT2D eigenvalue weighted by molar-refractivity contribution is 4.83. The van der Waals surface area contributed by atoms with E-state index < -0.39 is 18.4 Å². The fraction of sp³-hybridized carbons (Fsp3) is 1.00. The van der Waals surface area contributed by atoms with Crippen LogP contribution in [0.1, 0.15) is 13.3 Å². The van der Waals surface area contributed by atoms with Gasteiger partial charge < -0.3 is 21.7 Å². The molecule has 0 bridgehead atoms. The molecule has 6 N–H and O–H groups in total. The first kappa shape index (κ1) is 8.84. The maximum absolute atomic E-state index is 8.98. The molecule has 0 spiro atoms. The van der Waals surface area contributed by atoms with Crippen LogP contribution in [-0.2, 0) is 0 Å². The molecular weight excluding hydrogens is 120 g/mol. The summed E-state index contributed by atoms with van der Waals surface area (Å²) in [6, 6.07) is 0. The maximum Gasteiger partial charge on any atom is 0.114 e. The Labute approximate surface area is 54.5 Å². The first-order valence-corrected chi connectivity index (χ1v) is 2.91. The summed E-state index contributed by atoms with van der Waals surface area (Å²) in [5.74, 6) is 0. The van der Waals surface area contributed by atoms with Crippen LogP contribution in [0.15, 0.2) is 0 Å². The summed E-state index contributed by atoms with van der Waals surface area (Å²) in [5.41, 5.74) is 9.16. The van der Waals surface area contributed by atoms with Crippen LogP contribution in [0.25, 0.3) is 0 Å². The second-order valence-corrected chi connectivity index (χ2v) is 2.19. The largest absolute Gasteiger partial charge is 0.393 e. The molecule has 0 aromatic rings. The fourth-order valence-corrected chi connectivity index (χ4v) is 0.485. The summed E-state index contributed by atoms with van der Waals surface area (Å²) in [6.45, 7) is 1.34. The van der Waals surface area contributed by atoms with Crippen molar-refractivity contribution in [1.29, 1.82) is 0 Å². The number of rotatable bonds is 3. The molecule has 0 fully saturated rings. The fourth-order valence-electron chi connectivity index (χ4n) is 0.485. The van der Waals surface area contributed by atoms with Gasteiger partial charge in [-0.15, -0.1) is 0 Å². The number of hydrogen-bond acceptors (Lipinski definition) is 4. The Morgan fingerprint density at radius 1 is 1.56 bits per heavy atom. The minimum absolute atomic E-state index is 0.401. The molecule has 0 aliphatic carbocycles. The van der Waals surface area contributed by atoms with Crippen molar-refractivity contribution in [2.75, 3.05) is 6.61 Å². The predicted molar refractivity (Wildman–Crippen MR) is 34.5 cm³/mol. The van der Waals surface area contributed by atoms with Crippen molar-refractivity contribution in [3.8, 4) is 0 Å². The van der Waals surface area contributed by atoms with Crippen LogP contribution in [0.5, 0.6) is 0 Å². The van der Waals surface area contributed by atoms with Gasteiger partial charge >= 0.3 is 0 Å². The second kappa shape index (κ2) is 3.12. The molecule has 56 valence electrons. The van der Waals surface area contributed by atoms with Crippen LogP contribution in [-0.4, -0.2) is 28.6 Å². The number of hydrogen-bond donors (Lipinski definition) is 4. The van der Waals surface area contributed by atoms with Gasteiger partial charge in [0.1, 0.15) is 5.66 Å². The lowest BCUT2D eigenvalue weighted by molar-refractivity contribution is 0.0440. The van der Waals surface area contributed by atoms with E-state index in [1.807, 2.05) is 0 Å². The van der Waals surface area contributed by atoms with E-state index >= 15 is 0 Å². The highest BCUT2D eigenvalue weighted by Crippen LogP contribution is 2.01. The zero-order valence-electron chi connectivity index (χ0n) is 5.54. The smallest absolute Gasteiger partial charge is 0.114 e. The molecule has 9 heavy (non-hydrogen) atoms. The molecule has 0 saturated heterocycles. The molecule has 0 radical (unpaired) electrons. The molecule has 0 aromatic carbocycles. The average molecular weight is 134 g/mol. The molecule has 0 saturated carbocycles. The molecule has 0 rings (SSSR count). The number of aliphatic hydroxyl groups excluding tert-OH is 2. The van der Waals surface area contributed by atoms with Crippen molar-refractivity contribution in [3.63, 3.8) is 0 Å². The van der Waals surface area contributed by atoms with Gasteiger partial charge in [0.2, 0.25) is 0 Å². The van der Waals surface area contributed by atoms with E-state index in [-0.39, 0.29) is 0 Å². The van der Waals surface area contributed by atoms with E-state index in [1.165, 1.54) is 0 Å². The highest BCUT2D eigenvalue weighted by Gasteiger charge is 2.26. The Hall–Kier alpha value is -0.160. The summed E-state index contributed by atoms with van der Waals surface area (Å²) < 4.78 is 0. The van der Waals surface area contributed by atoms with E-state index in [9.17, 15) is 0 Å². The zero-order valence-corrected chi connectivity index (χ0v) is 5.54. The standard InChI is InChI=1S/C5H14N2O2/c1-2-4(9)5(6,7)3-8/h4,8-9H,2-3,6-7H2,1H3. The number of aliphatic hydroxyl groups is 2. The molecule has 4 heteroatoms. The van der Waals surface area contributed by atoms with Gasteiger partial charge in [-0.3, -0.25) is 0 Å². The van der Waals surface area contributed by atoms with Gasteiger partial charge in [0, 0.05) is 0 Å². The Bertz CT molecular complexity index is 85.0. The molecule has 0 amide bonds. The molecule has 0 aromatic heterocycles. The van der Waals surface area contributed by atoms with Crippen LogP contribution in [0.4, 0.5) is 0 Å². The Kier molecular flexibility index (Phi) is 3.07. The Morgan fingerprint density at radius 2 is 2.00 bits per heavy atom. The van der Waals surface area contributed by atoms with Gasteiger partial charge in [-0.25, -0.2) is 0 Å². The van der Waals surface area contributed by atoms with E-state index in [0.29, 0.717) is 6.42 Å². The lowest BCUT2D eigenvalue weighted by Crippen LogP contribution is -2.61. The van der Waals surface area contributed by atoms with E-state index in [1.54, 1.807) is 6.92 Å². The average Bonchev–Trinajstić information content (AvgIpc) is 1.86. The predicted octanol–water partition coefficient (Wildman–Crippen LogP) is -1.64. The topological polar surface area (TPSA) is 92.5 Å². The van der Waals surface area contributed by atoms with Gasteiger partial charge in [0.15, 0.2) is 0 Å². The Balaban J connectivity index is 3.80. The number of nitrogens with two attached hydrogens (primary N) is 2. The van der Waals surface area contributed by atoms with Gasteiger partial charge in [-0.1, -0.05) is 6.92 Å². The van der Waals surface area contributed by atoms with Crippen molar-refractivity contribution in [2.45, 2.75) is 25.1 Å². The van der Waals surface area contributed by atoms with Gasteiger partial charge in [-0.05, 0) is 6.42 Å². The molecule has 1 atom stereocenters. The van der Waals surface area contributed by atoms with Crippen molar-refractivity contribution in [3.05, 3.63) is 0 Å². The molecule has 1 unspecified atom stereocenters.